The van der Waals surface area contributed by atoms with Crippen LogP contribution >= 0.6 is 0 Å². The Balaban J connectivity index is 1.44. The fourth-order valence-corrected chi connectivity index (χ4v) is 3.73. The molecule has 1 amide bonds. The molecule has 0 bridgehead atoms. The topological polar surface area (TPSA) is 91.6 Å². The third-order valence-corrected chi connectivity index (χ3v) is 5.63. The van der Waals surface area contributed by atoms with Crippen LogP contribution in [0.25, 0.3) is 10.8 Å². The Morgan fingerprint density at radius 3 is 2.41 bits per heavy atom. The number of nitriles is 1. The molecule has 0 aliphatic carbocycles. The highest BCUT2D eigenvalue weighted by atomic mass is 16.3. The Hall–Kier alpha value is -4.02. The number of phenols is 1. The SMILES string of the molecule is CN1CCN(c2ccc(N/C=C(/C#N)C(=O)Nc3cccc4c(O)cccc34)cc2)CC1. The van der Waals surface area contributed by atoms with E-state index >= 15 is 0 Å². The number of hydrogen-bond acceptors (Lipinski definition) is 6. The summed E-state index contributed by atoms with van der Waals surface area (Å²) in [6.07, 6.45) is 1.41. The molecule has 0 radical (unpaired) electrons. The predicted octanol–water partition coefficient (Wildman–Crippen LogP) is 3.76. The molecule has 1 aliphatic rings. The lowest BCUT2D eigenvalue weighted by Crippen LogP contribution is -2.44. The van der Waals surface area contributed by atoms with Gasteiger partial charge < -0.3 is 25.5 Å². The average molecular weight is 428 g/mol. The van der Waals surface area contributed by atoms with Crippen LogP contribution in [0.15, 0.2) is 72.4 Å². The average Bonchev–Trinajstić information content (AvgIpc) is 2.81. The van der Waals surface area contributed by atoms with Gasteiger partial charge in [-0.2, -0.15) is 5.26 Å². The van der Waals surface area contributed by atoms with Crippen molar-refractivity contribution in [2.75, 3.05) is 48.8 Å². The molecule has 1 aliphatic heterocycles. The first-order valence-corrected chi connectivity index (χ1v) is 10.5. The smallest absolute Gasteiger partial charge is 0.267 e. The minimum Gasteiger partial charge on any atom is -0.507 e. The predicted molar refractivity (Wildman–Crippen MR) is 128 cm³/mol. The fraction of sp³-hybridized carbons (Fsp3) is 0.200. The molecular formula is C25H25N5O2. The molecule has 0 spiro atoms. The molecule has 0 unspecified atom stereocenters. The quantitative estimate of drug-likeness (QED) is 0.424. The molecule has 0 saturated carbocycles. The number of carbonyl (C=O) groups is 1. The van der Waals surface area contributed by atoms with Crippen molar-refractivity contribution < 1.29 is 9.90 Å². The first kappa shape index (κ1) is 21.2. The van der Waals surface area contributed by atoms with E-state index in [1.165, 1.54) is 6.20 Å². The van der Waals surface area contributed by atoms with Crippen molar-refractivity contribution in [1.29, 1.82) is 5.26 Å². The third kappa shape index (κ3) is 4.66. The second kappa shape index (κ2) is 9.41. The highest BCUT2D eigenvalue weighted by molar-refractivity contribution is 6.11. The maximum atomic E-state index is 12.7. The number of anilines is 3. The fourth-order valence-electron chi connectivity index (χ4n) is 3.73. The van der Waals surface area contributed by atoms with E-state index < -0.39 is 5.91 Å². The van der Waals surface area contributed by atoms with E-state index in [1.807, 2.05) is 30.3 Å². The van der Waals surface area contributed by atoms with E-state index in [-0.39, 0.29) is 11.3 Å². The molecule has 4 rings (SSSR count). The highest BCUT2D eigenvalue weighted by Crippen LogP contribution is 2.30. The molecule has 1 saturated heterocycles. The van der Waals surface area contributed by atoms with Gasteiger partial charge in [0.2, 0.25) is 0 Å². The van der Waals surface area contributed by atoms with Crippen LogP contribution in [0.4, 0.5) is 17.1 Å². The molecule has 3 aromatic rings. The van der Waals surface area contributed by atoms with E-state index in [0.717, 1.165) is 37.6 Å². The molecule has 1 heterocycles. The summed E-state index contributed by atoms with van der Waals surface area (Å²) in [5, 5.41) is 26.6. The molecule has 0 aromatic heterocycles. The Morgan fingerprint density at radius 2 is 1.69 bits per heavy atom. The number of phenolic OH excluding ortho intramolecular Hbond substituents is 1. The lowest BCUT2D eigenvalue weighted by atomic mass is 10.1. The summed E-state index contributed by atoms with van der Waals surface area (Å²) < 4.78 is 0. The molecule has 7 heteroatoms. The van der Waals surface area contributed by atoms with Crippen molar-refractivity contribution in [3.8, 4) is 11.8 Å². The lowest BCUT2D eigenvalue weighted by Gasteiger charge is -2.34. The molecule has 7 nitrogen and oxygen atoms in total. The second-order valence-electron chi connectivity index (χ2n) is 7.78. The third-order valence-electron chi connectivity index (χ3n) is 5.63. The van der Waals surface area contributed by atoms with Gasteiger partial charge in [0.15, 0.2) is 0 Å². The summed E-state index contributed by atoms with van der Waals surface area (Å²) in [4.78, 5) is 17.3. The number of nitrogens with one attached hydrogen (secondary N) is 2. The van der Waals surface area contributed by atoms with Crippen LogP contribution in [0.1, 0.15) is 0 Å². The Morgan fingerprint density at radius 1 is 1.00 bits per heavy atom. The van der Waals surface area contributed by atoms with Gasteiger partial charge in [0.25, 0.3) is 5.91 Å². The van der Waals surface area contributed by atoms with Crippen molar-refractivity contribution in [3.05, 3.63) is 72.4 Å². The number of nitrogens with zero attached hydrogens (tertiary/aromatic N) is 3. The number of rotatable bonds is 5. The van der Waals surface area contributed by atoms with Crippen LogP contribution in [0.2, 0.25) is 0 Å². The van der Waals surface area contributed by atoms with E-state index in [2.05, 4.69) is 27.5 Å². The largest absolute Gasteiger partial charge is 0.507 e. The normalized spacial score (nSPS) is 14.8. The van der Waals surface area contributed by atoms with Crippen molar-refractivity contribution >= 4 is 33.7 Å². The molecule has 1 fully saturated rings. The number of carbonyl (C=O) groups excluding carboxylic acids is 1. The first-order chi connectivity index (χ1) is 15.5. The van der Waals surface area contributed by atoms with Crippen molar-refractivity contribution in [2.45, 2.75) is 0 Å². The highest BCUT2D eigenvalue weighted by Gasteiger charge is 2.14. The number of aromatic hydroxyl groups is 1. The van der Waals surface area contributed by atoms with Crippen LogP contribution < -0.4 is 15.5 Å². The van der Waals surface area contributed by atoms with E-state index in [4.69, 9.17) is 0 Å². The zero-order valence-electron chi connectivity index (χ0n) is 17.9. The number of amides is 1. The summed E-state index contributed by atoms with van der Waals surface area (Å²) in [6, 6.07) is 20.2. The van der Waals surface area contributed by atoms with Crippen LogP contribution in [0, 0.1) is 11.3 Å². The minimum atomic E-state index is -0.523. The van der Waals surface area contributed by atoms with Gasteiger partial charge in [0, 0.05) is 60.2 Å². The second-order valence-corrected chi connectivity index (χ2v) is 7.78. The van der Waals surface area contributed by atoms with Gasteiger partial charge in [-0.1, -0.05) is 24.3 Å². The molecule has 162 valence electrons. The number of benzene rings is 3. The summed E-state index contributed by atoms with van der Waals surface area (Å²) in [7, 11) is 2.13. The Kier molecular flexibility index (Phi) is 6.24. The number of fused-ring (bicyclic) bond motifs is 1. The van der Waals surface area contributed by atoms with Crippen LogP contribution in [-0.2, 0) is 4.79 Å². The van der Waals surface area contributed by atoms with Crippen LogP contribution in [0.5, 0.6) is 5.75 Å². The van der Waals surface area contributed by atoms with E-state index in [9.17, 15) is 15.2 Å². The maximum absolute atomic E-state index is 12.7. The van der Waals surface area contributed by atoms with Crippen molar-refractivity contribution in [2.24, 2.45) is 0 Å². The van der Waals surface area contributed by atoms with Gasteiger partial charge in [-0.05, 0) is 43.4 Å². The molecule has 3 N–H and O–H groups in total. The summed E-state index contributed by atoms with van der Waals surface area (Å²) in [6.45, 7) is 4.07. The molecular weight excluding hydrogens is 402 g/mol. The van der Waals surface area contributed by atoms with E-state index in [1.54, 1.807) is 36.4 Å². The number of piperazine rings is 1. The van der Waals surface area contributed by atoms with Crippen molar-refractivity contribution in [3.63, 3.8) is 0 Å². The Bertz CT molecular complexity index is 1190. The van der Waals surface area contributed by atoms with Gasteiger partial charge in [-0.15, -0.1) is 0 Å². The van der Waals surface area contributed by atoms with Gasteiger partial charge in [0.05, 0.1) is 0 Å². The van der Waals surface area contributed by atoms with Gasteiger partial charge in [-0.3, -0.25) is 4.79 Å². The van der Waals surface area contributed by atoms with Gasteiger partial charge in [-0.25, -0.2) is 0 Å². The zero-order valence-corrected chi connectivity index (χ0v) is 17.9. The van der Waals surface area contributed by atoms with Gasteiger partial charge >= 0.3 is 0 Å². The number of likely N-dealkylation sites (N-methyl/N-ethyl adjacent to an activating group) is 1. The minimum absolute atomic E-state index is 0.0506. The summed E-state index contributed by atoms with van der Waals surface area (Å²) in [5.41, 5.74) is 2.43. The van der Waals surface area contributed by atoms with E-state index in [0.29, 0.717) is 16.5 Å². The maximum Gasteiger partial charge on any atom is 0.267 e. The van der Waals surface area contributed by atoms with Crippen molar-refractivity contribution in [1.82, 2.24) is 4.90 Å². The Labute approximate surface area is 187 Å². The first-order valence-electron chi connectivity index (χ1n) is 10.5. The molecule has 3 aromatic carbocycles. The van der Waals surface area contributed by atoms with Gasteiger partial charge in [0.1, 0.15) is 17.4 Å². The molecule has 0 atom stereocenters. The van der Waals surface area contributed by atoms with Crippen LogP contribution in [0.3, 0.4) is 0 Å². The molecule has 32 heavy (non-hydrogen) atoms. The number of hydrogen-bond donors (Lipinski definition) is 3. The monoisotopic (exact) mass is 427 g/mol. The standard InChI is InChI=1S/C25H25N5O2/c1-29-12-14-30(15-13-29)20-10-8-19(9-11-20)27-17-18(16-26)25(32)28-23-6-2-5-22-21(23)4-3-7-24(22)31/h2-11,17,27,31H,12-15H2,1H3,(H,28,32)/b18-17-. The van der Waals surface area contributed by atoms with Crippen LogP contribution in [-0.4, -0.2) is 49.1 Å². The lowest BCUT2D eigenvalue weighted by molar-refractivity contribution is -0.112. The summed E-state index contributed by atoms with van der Waals surface area (Å²) >= 11 is 0. The summed E-state index contributed by atoms with van der Waals surface area (Å²) in [5.74, 6) is -0.388. The zero-order chi connectivity index (χ0) is 22.5.